The van der Waals surface area contributed by atoms with Crippen LogP contribution in [0.2, 0.25) is 0 Å². The summed E-state index contributed by atoms with van der Waals surface area (Å²) in [5.41, 5.74) is 2.32. The predicted molar refractivity (Wildman–Crippen MR) is 92.0 cm³/mol. The van der Waals surface area contributed by atoms with Gasteiger partial charge >= 0.3 is 5.97 Å². The number of amides is 1. The van der Waals surface area contributed by atoms with Crippen LogP contribution in [0.1, 0.15) is 21.5 Å². The van der Waals surface area contributed by atoms with Crippen LogP contribution in [0.15, 0.2) is 54.7 Å². The van der Waals surface area contributed by atoms with Crippen molar-refractivity contribution in [1.82, 2.24) is 10.3 Å². The van der Waals surface area contributed by atoms with Gasteiger partial charge in [0.15, 0.2) is 0 Å². The molecule has 1 aromatic heterocycles. The van der Waals surface area contributed by atoms with E-state index in [4.69, 9.17) is 5.26 Å². The fourth-order valence-corrected chi connectivity index (χ4v) is 2.69. The Bertz CT molecular complexity index is 985. The Morgan fingerprint density at radius 1 is 1.20 bits per heavy atom. The summed E-state index contributed by atoms with van der Waals surface area (Å²) in [5, 5.41) is 21.8. The first-order valence-electron chi connectivity index (χ1n) is 7.67. The minimum atomic E-state index is -1.12. The maximum absolute atomic E-state index is 12.3. The summed E-state index contributed by atoms with van der Waals surface area (Å²) in [6, 6.07) is 14.6. The maximum atomic E-state index is 12.3. The van der Waals surface area contributed by atoms with Gasteiger partial charge in [-0.05, 0) is 29.8 Å². The van der Waals surface area contributed by atoms with Gasteiger partial charge in [0.05, 0.1) is 11.6 Å². The Kier molecular flexibility index (Phi) is 4.48. The Labute approximate surface area is 143 Å². The summed E-state index contributed by atoms with van der Waals surface area (Å²) in [6.45, 7) is 0. The summed E-state index contributed by atoms with van der Waals surface area (Å²) in [5.74, 6) is -1.64. The van der Waals surface area contributed by atoms with Gasteiger partial charge in [-0.25, -0.2) is 4.79 Å². The molecule has 124 valence electrons. The van der Waals surface area contributed by atoms with Crippen LogP contribution >= 0.6 is 0 Å². The molecule has 3 rings (SSSR count). The quantitative estimate of drug-likeness (QED) is 0.667. The summed E-state index contributed by atoms with van der Waals surface area (Å²) < 4.78 is 0. The van der Waals surface area contributed by atoms with E-state index < -0.39 is 17.9 Å². The second kappa shape index (κ2) is 6.89. The second-order valence-electron chi connectivity index (χ2n) is 5.62. The van der Waals surface area contributed by atoms with E-state index in [2.05, 4.69) is 10.3 Å². The van der Waals surface area contributed by atoms with Crippen molar-refractivity contribution < 1.29 is 14.7 Å². The Balaban J connectivity index is 1.81. The minimum absolute atomic E-state index is 0.156. The third-order valence-corrected chi connectivity index (χ3v) is 3.96. The number of aliphatic carboxylic acids is 1. The largest absolute Gasteiger partial charge is 0.480 e. The van der Waals surface area contributed by atoms with Crippen LogP contribution in [0.5, 0.6) is 0 Å². The van der Waals surface area contributed by atoms with Crippen LogP contribution in [0.3, 0.4) is 0 Å². The number of fused-ring (bicyclic) bond motifs is 1. The monoisotopic (exact) mass is 333 g/mol. The first-order chi connectivity index (χ1) is 12.1. The molecule has 0 fully saturated rings. The number of hydrogen-bond donors (Lipinski definition) is 3. The van der Waals surface area contributed by atoms with E-state index in [9.17, 15) is 14.7 Å². The lowest BCUT2D eigenvalue weighted by Gasteiger charge is -2.14. The lowest BCUT2D eigenvalue weighted by atomic mass is 10.0. The SMILES string of the molecule is N#Cc1cccc(C(=O)NC(Cc2c[nH]c3ccccc23)C(=O)O)c1. The maximum Gasteiger partial charge on any atom is 0.326 e. The molecule has 1 unspecified atom stereocenters. The summed E-state index contributed by atoms with van der Waals surface area (Å²) in [7, 11) is 0. The van der Waals surface area contributed by atoms with Gasteiger partial charge in [0.25, 0.3) is 5.91 Å². The van der Waals surface area contributed by atoms with Crippen molar-refractivity contribution in [2.45, 2.75) is 12.5 Å². The highest BCUT2D eigenvalue weighted by molar-refractivity contribution is 5.97. The summed E-state index contributed by atoms with van der Waals surface area (Å²) >= 11 is 0. The van der Waals surface area contributed by atoms with E-state index in [1.807, 2.05) is 30.3 Å². The number of para-hydroxylation sites is 1. The number of carbonyl (C=O) groups excluding carboxylic acids is 1. The van der Waals surface area contributed by atoms with Crippen molar-refractivity contribution in [3.8, 4) is 6.07 Å². The van der Waals surface area contributed by atoms with Gasteiger partial charge < -0.3 is 15.4 Å². The minimum Gasteiger partial charge on any atom is -0.480 e. The number of carboxylic acid groups (broad SMARTS) is 1. The van der Waals surface area contributed by atoms with Crippen LogP contribution < -0.4 is 5.32 Å². The highest BCUT2D eigenvalue weighted by Gasteiger charge is 2.22. The molecule has 0 aliphatic heterocycles. The average molecular weight is 333 g/mol. The molecule has 1 amide bonds. The summed E-state index contributed by atoms with van der Waals surface area (Å²) in [6.07, 6.45) is 1.91. The zero-order chi connectivity index (χ0) is 17.8. The molecule has 6 nitrogen and oxygen atoms in total. The van der Waals surface area contributed by atoms with Gasteiger partial charge in [0, 0.05) is 29.1 Å². The van der Waals surface area contributed by atoms with Gasteiger partial charge in [-0.3, -0.25) is 4.79 Å². The zero-order valence-electron chi connectivity index (χ0n) is 13.2. The number of nitrogens with zero attached hydrogens (tertiary/aromatic N) is 1. The van der Waals surface area contributed by atoms with E-state index in [1.165, 1.54) is 6.07 Å². The van der Waals surface area contributed by atoms with Crippen LogP contribution in [0.25, 0.3) is 10.9 Å². The number of nitrogens with one attached hydrogen (secondary N) is 2. The molecular formula is C19H15N3O3. The molecule has 1 heterocycles. The van der Waals surface area contributed by atoms with Crippen molar-refractivity contribution in [1.29, 1.82) is 5.26 Å². The van der Waals surface area contributed by atoms with Gasteiger partial charge in [0.1, 0.15) is 6.04 Å². The van der Waals surface area contributed by atoms with Gasteiger partial charge in [0.2, 0.25) is 0 Å². The molecule has 3 aromatic rings. The number of nitriles is 1. The van der Waals surface area contributed by atoms with E-state index in [0.29, 0.717) is 5.56 Å². The van der Waals surface area contributed by atoms with Crippen LogP contribution in [0.4, 0.5) is 0 Å². The molecular weight excluding hydrogens is 318 g/mol. The van der Waals surface area contributed by atoms with Crippen LogP contribution in [0, 0.1) is 11.3 Å². The lowest BCUT2D eigenvalue weighted by Crippen LogP contribution is -2.42. The van der Waals surface area contributed by atoms with E-state index in [0.717, 1.165) is 16.5 Å². The standard InChI is InChI=1S/C19H15N3O3/c20-10-12-4-3-5-13(8-12)18(23)22-17(19(24)25)9-14-11-21-16-7-2-1-6-15(14)16/h1-8,11,17,21H,9H2,(H,22,23)(H,24,25). The smallest absolute Gasteiger partial charge is 0.326 e. The molecule has 0 aliphatic carbocycles. The molecule has 0 saturated carbocycles. The van der Waals surface area contributed by atoms with E-state index in [1.54, 1.807) is 24.4 Å². The lowest BCUT2D eigenvalue weighted by molar-refractivity contribution is -0.139. The fourth-order valence-electron chi connectivity index (χ4n) is 2.69. The van der Waals surface area contributed by atoms with E-state index in [-0.39, 0.29) is 12.0 Å². The fraction of sp³-hybridized carbons (Fsp3) is 0.105. The molecule has 6 heteroatoms. The molecule has 0 aliphatic rings. The first kappa shape index (κ1) is 16.3. The number of carboxylic acids is 1. The predicted octanol–water partition coefficient (Wildman–Crippen LogP) is 2.47. The van der Waals surface area contributed by atoms with Crippen molar-refractivity contribution in [2.24, 2.45) is 0 Å². The number of benzene rings is 2. The number of H-pyrrole nitrogens is 1. The molecule has 0 spiro atoms. The molecule has 25 heavy (non-hydrogen) atoms. The first-order valence-corrected chi connectivity index (χ1v) is 7.67. The van der Waals surface area contributed by atoms with Crippen molar-refractivity contribution in [3.05, 3.63) is 71.4 Å². The number of rotatable bonds is 5. The number of aromatic amines is 1. The van der Waals surface area contributed by atoms with Gasteiger partial charge in [-0.2, -0.15) is 5.26 Å². The summed E-state index contributed by atoms with van der Waals surface area (Å²) in [4.78, 5) is 27.0. The van der Waals surface area contributed by atoms with Crippen LogP contribution in [-0.2, 0) is 11.2 Å². The highest BCUT2D eigenvalue weighted by Crippen LogP contribution is 2.19. The van der Waals surface area contributed by atoms with Crippen molar-refractivity contribution in [2.75, 3.05) is 0 Å². The molecule has 3 N–H and O–H groups in total. The average Bonchev–Trinajstić information content (AvgIpc) is 3.04. The molecule has 1 atom stereocenters. The van der Waals surface area contributed by atoms with Gasteiger partial charge in [-0.15, -0.1) is 0 Å². The second-order valence-corrected chi connectivity index (χ2v) is 5.62. The molecule has 0 saturated heterocycles. The molecule has 0 bridgehead atoms. The Hall–Kier alpha value is -3.59. The van der Waals surface area contributed by atoms with Crippen LogP contribution in [-0.4, -0.2) is 28.0 Å². The topological polar surface area (TPSA) is 106 Å². The normalized spacial score (nSPS) is 11.6. The van der Waals surface area contributed by atoms with E-state index >= 15 is 0 Å². The third kappa shape index (κ3) is 3.51. The third-order valence-electron chi connectivity index (χ3n) is 3.96. The molecule has 0 radical (unpaired) electrons. The Morgan fingerprint density at radius 2 is 2.00 bits per heavy atom. The zero-order valence-corrected chi connectivity index (χ0v) is 13.2. The number of hydrogen-bond acceptors (Lipinski definition) is 3. The number of aromatic nitrogens is 1. The highest BCUT2D eigenvalue weighted by atomic mass is 16.4. The van der Waals surface area contributed by atoms with Crippen molar-refractivity contribution in [3.63, 3.8) is 0 Å². The van der Waals surface area contributed by atoms with Gasteiger partial charge in [-0.1, -0.05) is 24.3 Å². The molecule has 2 aromatic carbocycles. The van der Waals surface area contributed by atoms with Crippen molar-refractivity contribution >= 4 is 22.8 Å². The number of carbonyl (C=O) groups is 2. The Morgan fingerprint density at radius 3 is 2.76 bits per heavy atom.